The number of non-ortho nitro benzene ring substituents is 1. The van der Waals surface area contributed by atoms with Gasteiger partial charge in [-0.05, 0) is 30.7 Å². The molecule has 2 heterocycles. The average Bonchev–Trinajstić information content (AvgIpc) is 2.97. The highest BCUT2D eigenvalue weighted by molar-refractivity contribution is 6.10. The number of urea groups is 1. The van der Waals surface area contributed by atoms with Crippen molar-refractivity contribution >= 4 is 29.2 Å². The average molecular weight is 470 g/mol. The van der Waals surface area contributed by atoms with Gasteiger partial charge in [-0.1, -0.05) is 6.07 Å². The van der Waals surface area contributed by atoms with Crippen molar-refractivity contribution in [3.05, 3.63) is 52.1 Å². The molecule has 2 aliphatic rings. The van der Waals surface area contributed by atoms with Gasteiger partial charge < -0.3 is 24.8 Å². The van der Waals surface area contributed by atoms with E-state index in [-0.39, 0.29) is 17.1 Å². The van der Waals surface area contributed by atoms with E-state index in [4.69, 9.17) is 14.2 Å². The van der Waals surface area contributed by atoms with E-state index in [9.17, 15) is 24.5 Å². The minimum atomic E-state index is -1.41. The predicted octanol–water partition coefficient (Wildman–Crippen LogP) is 2.17. The molecule has 1 atom stereocenters. The zero-order valence-electron chi connectivity index (χ0n) is 18.5. The number of carbonyl (C=O) groups excluding carboxylic acids is 3. The third-order valence-corrected chi connectivity index (χ3v) is 5.57. The van der Waals surface area contributed by atoms with E-state index in [0.717, 1.165) is 17.4 Å². The van der Waals surface area contributed by atoms with Crippen LogP contribution in [-0.2, 0) is 15.1 Å². The fraction of sp³-hybridized carbons (Fsp3) is 0.318. The van der Waals surface area contributed by atoms with Gasteiger partial charge in [-0.15, -0.1) is 0 Å². The fourth-order valence-corrected chi connectivity index (χ4v) is 3.74. The molecular formula is C22H22N4O8. The van der Waals surface area contributed by atoms with Crippen LogP contribution in [0.5, 0.6) is 17.2 Å². The van der Waals surface area contributed by atoms with Gasteiger partial charge in [0.25, 0.3) is 11.6 Å². The lowest BCUT2D eigenvalue weighted by atomic mass is 9.91. The maximum Gasteiger partial charge on any atom is 0.325 e. The van der Waals surface area contributed by atoms with Crippen molar-refractivity contribution in [1.29, 1.82) is 0 Å². The van der Waals surface area contributed by atoms with Gasteiger partial charge in [-0.25, -0.2) is 4.79 Å². The molecule has 4 amide bonds. The molecule has 2 aromatic carbocycles. The number of methoxy groups -OCH3 is 1. The van der Waals surface area contributed by atoms with Crippen molar-refractivity contribution in [2.75, 3.05) is 32.2 Å². The first-order chi connectivity index (χ1) is 16.2. The Bertz CT molecular complexity index is 1180. The summed E-state index contributed by atoms with van der Waals surface area (Å²) in [5.41, 5.74) is -0.978. The van der Waals surface area contributed by atoms with Gasteiger partial charge in [0, 0.05) is 12.5 Å². The number of nitrogens with zero attached hydrogens (tertiary/aromatic N) is 2. The van der Waals surface area contributed by atoms with Gasteiger partial charge in [0.2, 0.25) is 5.91 Å². The highest BCUT2D eigenvalue weighted by Gasteiger charge is 2.49. The smallest absolute Gasteiger partial charge is 0.325 e. The number of ether oxygens (including phenoxy) is 3. The third kappa shape index (κ3) is 4.17. The van der Waals surface area contributed by atoms with Crippen LogP contribution in [0.15, 0.2) is 36.4 Å². The molecule has 34 heavy (non-hydrogen) atoms. The zero-order valence-corrected chi connectivity index (χ0v) is 18.5. The Morgan fingerprint density at radius 1 is 1.21 bits per heavy atom. The molecule has 2 N–H and O–H groups in total. The molecule has 4 rings (SSSR count). The molecule has 12 heteroatoms. The van der Waals surface area contributed by atoms with Gasteiger partial charge in [-0.2, -0.15) is 0 Å². The quantitative estimate of drug-likeness (QED) is 0.371. The number of nitrogens with one attached hydrogen (secondary N) is 2. The van der Waals surface area contributed by atoms with Crippen LogP contribution in [0.1, 0.15) is 18.9 Å². The first-order valence-electron chi connectivity index (χ1n) is 10.4. The van der Waals surface area contributed by atoms with Crippen LogP contribution >= 0.6 is 0 Å². The molecule has 0 radical (unpaired) electrons. The van der Waals surface area contributed by atoms with E-state index in [2.05, 4.69) is 10.6 Å². The number of hydrogen-bond acceptors (Lipinski definition) is 8. The summed E-state index contributed by atoms with van der Waals surface area (Å²) < 4.78 is 16.4. The topological polar surface area (TPSA) is 149 Å². The molecule has 0 aromatic heterocycles. The Labute approximate surface area is 193 Å². The summed E-state index contributed by atoms with van der Waals surface area (Å²) in [4.78, 5) is 49.6. The Hall–Kier alpha value is -4.35. The first kappa shape index (κ1) is 22.8. The highest BCUT2D eigenvalue weighted by Crippen LogP contribution is 2.36. The standard InChI is InChI=1S/C22H22N4O8/c1-22(13-4-7-16-18(10-13)34-9-3-8-33-16)20(28)25(21(29)24-22)12-19(27)23-15-6-5-14(26(30)31)11-17(15)32-2/h4-7,10-11H,3,8-9,12H2,1-2H3,(H,23,27)(H,24,29). The molecule has 2 aromatic rings. The van der Waals surface area contributed by atoms with Gasteiger partial charge in [0.05, 0.1) is 37.0 Å². The Morgan fingerprint density at radius 3 is 2.65 bits per heavy atom. The lowest BCUT2D eigenvalue weighted by molar-refractivity contribution is -0.384. The molecule has 12 nitrogen and oxygen atoms in total. The predicted molar refractivity (Wildman–Crippen MR) is 118 cm³/mol. The van der Waals surface area contributed by atoms with Crippen LogP contribution in [-0.4, -0.2) is 54.5 Å². The number of nitro benzene ring substituents is 1. The Kier molecular flexibility index (Phi) is 5.97. The summed E-state index contributed by atoms with van der Waals surface area (Å²) in [5.74, 6) is -0.206. The Balaban J connectivity index is 1.50. The van der Waals surface area contributed by atoms with Crippen LogP contribution in [0, 0.1) is 10.1 Å². The molecule has 2 aliphatic heterocycles. The summed E-state index contributed by atoms with van der Waals surface area (Å²) in [5, 5.41) is 16.1. The molecule has 1 fully saturated rings. The number of anilines is 1. The lowest BCUT2D eigenvalue weighted by Gasteiger charge is -2.23. The van der Waals surface area contributed by atoms with Crippen LogP contribution < -0.4 is 24.8 Å². The molecule has 0 bridgehead atoms. The van der Waals surface area contributed by atoms with Crippen molar-refractivity contribution in [3.8, 4) is 17.2 Å². The van der Waals surface area contributed by atoms with E-state index >= 15 is 0 Å². The second-order valence-electron chi connectivity index (χ2n) is 7.85. The summed E-state index contributed by atoms with van der Waals surface area (Å²) in [6.07, 6.45) is 0.722. The number of amides is 4. The number of nitro groups is 1. The van der Waals surface area contributed by atoms with Gasteiger partial charge in [-0.3, -0.25) is 24.6 Å². The number of fused-ring (bicyclic) bond motifs is 1. The minimum Gasteiger partial charge on any atom is -0.494 e. The molecule has 1 unspecified atom stereocenters. The number of benzene rings is 2. The number of carbonyl (C=O) groups is 3. The maximum absolute atomic E-state index is 13.2. The normalized spacial score (nSPS) is 19.3. The Morgan fingerprint density at radius 2 is 1.94 bits per heavy atom. The van der Waals surface area contributed by atoms with Crippen LogP contribution in [0.25, 0.3) is 0 Å². The van der Waals surface area contributed by atoms with Gasteiger partial charge in [0.15, 0.2) is 11.5 Å². The molecule has 1 saturated heterocycles. The number of rotatable bonds is 6. The van der Waals surface area contributed by atoms with E-state index in [0.29, 0.717) is 30.3 Å². The lowest BCUT2D eigenvalue weighted by Crippen LogP contribution is -2.42. The maximum atomic E-state index is 13.2. The molecule has 0 saturated carbocycles. The second kappa shape index (κ2) is 8.89. The van der Waals surface area contributed by atoms with E-state index in [1.807, 2.05) is 0 Å². The van der Waals surface area contributed by atoms with E-state index in [1.54, 1.807) is 25.1 Å². The van der Waals surface area contributed by atoms with Crippen molar-refractivity contribution < 1.29 is 33.5 Å². The van der Waals surface area contributed by atoms with Crippen molar-refractivity contribution in [2.45, 2.75) is 18.9 Å². The number of imide groups is 1. The zero-order chi connectivity index (χ0) is 24.5. The fourth-order valence-electron chi connectivity index (χ4n) is 3.74. The van der Waals surface area contributed by atoms with Crippen molar-refractivity contribution in [3.63, 3.8) is 0 Å². The molecule has 0 aliphatic carbocycles. The first-order valence-corrected chi connectivity index (χ1v) is 10.4. The summed E-state index contributed by atoms with van der Waals surface area (Å²) in [6, 6.07) is 7.92. The van der Waals surface area contributed by atoms with Crippen LogP contribution in [0.3, 0.4) is 0 Å². The third-order valence-electron chi connectivity index (χ3n) is 5.57. The molecular weight excluding hydrogens is 448 g/mol. The molecule has 178 valence electrons. The molecule has 0 spiro atoms. The summed E-state index contributed by atoms with van der Waals surface area (Å²) in [6.45, 7) is 1.96. The van der Waals surface area contributed by atoms with Crippen molar-refractivity contribution in [1.82, 2.24) is 10.2 Å². The number of hydrogen-bond donors (Lipinski definition) is 2. The van der Waals surface area contributed by atoms with E-state index in [1.165, 1.54) is 19.2 Å². The monoisotopic (exact) mass is 470 g/mol. The van der Waals surface area contributed by atoms with Crippen LogP contribution in [0.4, 0.5) is 16.2 Å². The minimum absolute atomic E-state index is 0.0665. The van der Waals surface area contributed by atoms with E-state index < -0.39 is 34.9 Å². The van der Waals surface area contributed by atoms with Gasteiger partial charge in [0.1, 0.15) is 17.8 Å². The highest BCUT2D eigenvalue weighted by atomic mass is 16.6. The SMILES string of the molecule is COc1cc([N+](=O)[O-])ccc1NC(=O)CN1C(=O)NC(C)(c2ccc3c(c2)OCCCO3)C1=O. The summed E-state index contributed by atoms with van der Waals surface area (Å²) >= 11 is 0. The second-order valence-corrected chi connectivity index (χ2v) is 7.85. The van der Waals surface area contributed by atoms with Gasteiger partial charge >= 0.3 is 6.03 Å². The largest absolute Gasteiger partial charge is 0.494 e. The van der Waals surface area contributed by atoms with Crippen molar-refractivity contribution in [2.24, 2.45) is 0 Å². The summed E-state index contributed by atoms with van der Waals surface area (Å²) in [7, 11) is 1.30. The van der Waals surface area contributed by atoms with Crippen LogP contribution in [0.2, 0.25) is 0 Å².